The average molecular weight is 152 g/mol. The highest BCUT2D eigenvalue weighted by molar-refractivity contribution is 5.73. The van der Waals surface area contributed by atoms with Gasteiger partial charge in [0.05, 0.1) is 13.0 Å². The largest absolute Gasteiger partial charge is 0.466 e. The van der Waals surface area contributed by atoms with E-state index in [2.05, 4.69) is 0 Å². The lowest BCUT2D eigenvalue weighted by Gasteiger charge is -1.99. The van der Waals surface area contributed by atoms with Crippen molar-refractivity contribution in [2.24, 2.45) is 0 Å². The number of ether oxygens (including phenoxy) is 1. The van der Waals surface area contributed by atoms with Gasteiger partial charge in [0.15, 0.2) is 0 Å². The number of hydrogen-bond donors (Lipinski definition) is 0. The molecule has 0 aromatic carbocycles. The molecule has 0 N–H and O–H groups in total. The van der Waals surface area contributed by atoms with Crippen molar-refractivity contribution in [3.63, 3.8) is 0 Å². The molecule has 1 aliphatic carbocycles. The molecule has 1 rings (SSSR count). The Morgan fingerprint density at radius 2 is 2.55 bits per heavy atom. The van der Waals surface area contributed by atoms with Gasteiger partial charge in [0.25, 0.3) is 0 Å². The van der Waals surface area contributed by atoms with E-state index in [-0.39, 0.29) is 5.97 Å². The number of rotatable bonds is 3. The maximum absolute atomic E-state index is 10.9. The van der Waals surface area contributed by atoms with E-state index < -0.39 is 0 Å². The monoisotopic (exact) mass is 152 g/mol. The predicted molar refractivity (Wildman–Crippen MR) is 43.1 cm³/mol. The van der Waals surface area contributed by atoms with Gasteiger partial charge in [-0.15, -0.1) is 0 Å². The Labute approximate surface area is 66.5 Å². The van der Waals surface area contributed by atoms with Crippen LogP contribution in [0.15, 0.2) is 23.8 Å². The molecular weight excluding hydrogens is 140 g/mol. The normalized spacial score (nSPS) is 14.8. The molecule has 0 radical (unpaired) electrons. The maximum Gasteiger partial charge on any atom is 0.310 e. The average Bonchev–Trinajstić information content (AvgIpc) is 2.40. The van der Waals surface area contributed by atoms with Gasteiger partial charge in [-0.2, -0.15) is 0 Å². The van der Waals surface area contributed by atoms with E-state index in [1.165, 1.54) is 0 Å². The number of carbonyl (C=O) groups excluding carboxylic acids is 1. The molecule has 0 saturated carbocycles. The van der Waals surface area contributed by atoms with Gasteiger partial charge in [-0.05, 0) is 18.9 Å². The van der Waals surface area contributed by atoms with Gasteiger partial charge in [0.1, 0.15) is 0 Å². The Bertz CT molecular complexity index is 202. The molecule has 0 bridgehead atoms. The van der Waals surface area contributed by atoms with Gasteiger partial charge in [-0.3, -0.25) is 4.79 Å². The van der Waals surface area contributed by atoms with Gasteiger partial charge in [-0.25, -0.2) is 0 Å². The molecule has 2 heteroatoms. The van der Waals surface area contributed by atoms with Crippen LogP contribution in [0.5, 0.6) is 0 Å². The molecule has 0 unspecified atom stereocenters. The van der Waals surface area contributed by atoms with Gasteiger partial charge >= 0.3 is 5.97 Å². The van der Waals surface area contributed by atoms with E-state index in [9.17, 15) is 4.79 Å². The summed E-state index contributed by atoms with van der Waals surface area (Å²) in [5, 5.41) is 0. The zero-order valence-corrected chi connectivity index (χ0v) is 6.67. The van der Waals surface area contributed by atoms with Crippen LogP contribution in [0, 0.1) is 0 Å². The molecule has 11 heavy (non-hydrogen) atoms. The number of esters is 1. The molecule has 0 heterocycles. The molecule has 0 amide bonds. The van der Waals surface area contributed by atoms with E-state index >= 15 is 0 Å². The molecule has 0 spiro atoms. The van der Waals surface area contributed by atoms with Crippen molar-refractivity contribution < 1.29 is 9.53 Å². The first-order chi connectivity index (χ1) is 5.33. The second-order valence-corrected chi connectivity index (χ2v) is 2.40. The molecule has 0 aromatic rings. The van der Waals surface area contributed by atoms with E-state index in [0.29, 0.717) is 13.0 Å². The lowest BCUT2D eigenvalue weighted by atomic mass is 10.2. The Balaban J connectivity index is 2.30. The molecule has 0 aliphatic heterocycles. The minimum atomic E-state index is -0.134. The summed E-state index contributed by atoms with van der Waals surface area (Å²) in [7, 11) is 0. The van der Waals surface area contributed by atoms with Crippen molar-refractivity contribution in [3.8, 4) is 0 Å². The summed E-state index contributed by atoms with van der Waals surface area (Å²) in [5.41, 5.74) is 1.07. The Morgan fingerprint density at radius 3 is 3.09 bits per heavy atom. The molecular formula is C9H12O2. The van der Waals surface area contributed by atoms with Crippen LogP contribution in [0.2, 0.25) is 0 Å². The highest BCUT2D eigenvalue weighted by Crippen LogP contribution is 2.12. The highest BCUT2D eigenvalue weighted by Gasteiger charge is 2.05. The molecule has 0 atom stereocenters. The zero-order valence-electron chi connectivity index (χ0n) is 6.67. The van der Waals surface area contributed by atoms with Gasteiger partial charge in [0, 0.05) is 0 Å². The molecule has 0 aromatic heterocycles. The van der Waals surface area contributed by atoms with Crippen LogP contribution in [0.1, 0.15) is 19.8 Å². The second kappa shape index (κ2) is 3.96. The van der Waals surface area contributed by atoms with Crippen LogP contribution in [0.4, 0.5) is 0 Å². The van der Waals surface area contributed by atoms with E-state index in [1.807, 2.05) is 25.2 Å². The van der Waals surface area contributed by atoms with Gasteiger partial charge < -0.3 is 4.74 Å². The molecule has 60 valence electrons. The van der Waals surface area contributed by atoms with E-state index in [0.717, 1.165) is 12.0 Å². The quantitative estimate of drug-likeness (QED) is 0.576. The third-order valence-electron chi connectivity index (χ3n) is 1.50. The third-order valence-corrected chi connectivity index (χ3v) is 1.50. The van der Waals surface area contributed by atoms with Crippen LogP contribution in [0.25, 0.3) is 0 Å². The van der Waals surface area contributed by atoms with Crippen LogP contribution < -0.4 is 0 Å². The SMILES string of the molecule is CCOC(=O)CC1=CCC=C1. The minimum absolute atomic E-state index is 0.134. The predicted octanol–water partition coefficient (Wildman–Crippen LogP) is 1.83. The Hall–Kier alpha value is -1.05. The number of hydrogen-bond acceptors (Lipinski definition) is 2. The molecule has 0 saturated heterocycles. The topological polar surface area (TPSA) is 26.3 Å². The van der Waals surface area contributed by atoms with Crippen LogP contribution in [-0.4, -0.2) is 12.6 Å². The van der Waals surface area contributed by atoms with E-state index in [4.69, 9.17) is 4.74 Å². The Kier molecular flexibility index (Phi) is 2.90. The lowest BCUT2D eigenvalue weighted by molar-refractivity contribution is -0.142. The molecule has 1 aliphatic rings. The van der Waals surface area contributed by atoms with Gasteiger partial charge in [-0.1, -0.05) is 18.2 Å². The smallest absolute Gasteiger partial charge is 0.310 e. The van der Waals surface area contributed by atoms with Crippen molar-refractivity contribution in [2.75, 3.05) is 6.61 Å². The fourth-order valence-corrected chi connectivity index (χ4v) is 1.02. The van der Waals surface area contributed by atoms with Crippen molar-refractivity contribution in [3.05, 3.63) is 23.8 Å². The van der Waals surface area contributed by atoms with Crippen LogP contribution in [-0.2, 0) is 9.53 Å². The summed E-state index contributed by atoms with van der Waals surface area (Å²) >= 11 is 0. The summed E-state index contributed by atoms with van der Waals surface area (Å²) in [5.74, 6) is -0.134. The first-order valence-electron chi connectivity index (χ1n) is 3.84. The standard InChI is InChI=1S/C9H12O2/c1-2-11-9(10)7-8-5-3-4-6-8/h3,5-6H,2,4,7H2,1H3. The summed E-state index contributed by atoms with van der Waals surface area (Å²) < 4.78 is 4.79. The number of carbonyl (C=O) groups is 1. The lowest BCUT2D eigenvalue weighted by Crippen LogP contribution is -2.03. The third kappa shape index (κ3) is 2.58. The Morgan fingerprint density at radius 1 is 1.73 bits per heavy atom. The fourth-order valence-electron chi connectivity index (χ4n) is 1.02. The van der Waals surface area contributed by atoms with Crippen molar-refractivity contribution in [1.29, 1.82) is 0 Å². The van der Waals surface area contributed by atoms with Crippen molar-refractivity contribution in [1.82, 2.24) is 0 Å². The van der Waals surface area contributed by atoms with Crippen LogP contribution >= 0.6 is 0 Å². The van der Waals surface area contributed by atoms with E-state index in [1.54, 1.807) is 0 Å². The maximum atomic E-state index is 10.9. The zero-order chi connectivity index (χ0) is 8.10. The van der Waals surface area contributed by atoms with Crippen LogP contribution in [0.3, 0.4) is 0 Å². The molecule has 0 fully saturated rings. The minimum Gasteiger partial charge on any atom is -0.466 e. The summed E-state index contributed by atoms with van der Waals surface area (Å²) in [4.78, 5) is 10.9. The molecule has 2 nitrogen and oxygen atoms in total. The van der Waals surface area contributed by atoms with Crippen molar-refractivity contribution in [2.45, 2.75) is 19.8 Å². The summed E-state index contributed by atoms with van der Waals surface area (Å²) in [6.07, 6.45) is 7.42. The van der Waals surface area contributed by atoms with Gasteiger partial charge in [0.2, 0.25) is 0 Å². The number of allylic oxidation sites excluding steroid dienone is 3. The summed E-state index contributed by atoms with van der Waals surface area (Å²) in [6, 6.07) is 0. The fraction of sp³-hybridized carbons (Fsp3) is 0.444. The van der Waals surface area contributed by atoms with Crippen molar-refractivity contribution >= 4 is 5.97 Å². The first-order valence-corrected chi connectivity index (χ1v) is 3.84. The first kappa shape index (κ1) is 8.05. The summed E-state index contributed by atoms with van der Waals surface area (Å²) in [6.45, 7) is 2.28. The second-order valence-electron chi connectivity index (χ2n) is 2.40. The highest BCUT2D eigenvalue weighted by atomic mass is 16.5.